The third kappa shape index (κ3) is 25.1. The number of carbonyl (C=O) groups excluding carboxylic acids is 1. The highest BCUT2D eigenvalue weighted by Gasteiger charge is 2.44. The molecule has 7 unspecified atom stereocenters. The van der Waals surface area contributed by atoms with E-state index in [1.807, 2.05) is 6.08 Å². The third-order valence-electron chi connectivity index (χ3n) is 10.6. The van der Waals surface area contributed by atoms with E-state index in [4.69, 9.17) is 9.47 Å². The lowest BCUT2D eigenvalue weighted by Crippen LogP contribution is -2.60. The van der Waals surface area contributed by atoms with E-state index in [2.05, 4.69) is 19.2 Å². The highest BCUT2D eigenvalue weighted by atomic mass is 16.7. The third-order valence-corrected chi connectivity index (χ3v) is 10.6. The van der Waals surface area contributed by atoms with Gasteiger partial charge < -0.3 is 40.3 Å². The molecular weight excluding hydrogens is 658 g/mol. The zero-order chi connectivity index (χ0) is 38.1. The van der Waals surface area contributed by atoms with Crippen LogP contribution >= 0.6 is 0 Å². The summed E-state index contributed by atoms with van der Waals surface area (Å²) in [7, 11) is 0. The summed E-state index contributed by atoms with van der Waals surface area (Å²) in [5.74, 6) is -0.183. The number of nitrogens with one attached hydrogen (secondary N) is 1. The predicted octanol–water partition coefficient (Wildman–Crippen LogP) is 8.56. The number of hydrogen-bond acceptors (Lipinski definition) is 8. The normalized spacial score (nSPS) is 21.9. The van der Waals surface area contributed by atoms with E-state index in [0.29, 0.717) is 6.42 Å². The maximum atomic E-state index is 12.8. The molecule has 0 aromatic carbocycles. The van der Waals surface area contributed by atoms with Crippen molar-refractivity contribution in [2.75, 3.05) is 13.2 Å². The van der Waals surface area contributed by atoms with Crippen LogP contribution in [-0.4, -0.2) is 87.5 Å². The molecule has 0 aromatic heterocycles. The number of rotatable bonds is 36. The Morgan fingerprint density at radius 2 is 1.06 bits per heavy atom. The summed E-state index contributed by atoms with van der Waals surface area (Å²) >= 11 is 0. The Balaban J connectivity index is 2.08. The number of unbranched alkanes of at least 4 members (excludes halogenated alkanes) is 26. The number of hydrogen-bond donors (Lipinski definition) is 6. The highest BCUT2D eigenvalue weighted by Crippen LogP contribution is 2.22. The Morgan fingerprint density at radius 1 is 0.635 bits per heavy atom. The van der Waals surface area contributed by atoms with Crippen molar-refractivity contribution in [2.24, 2.45) is 0 Å². The highest BCUT2D eigenvalue weighted by molar-refractivity contribution is 5.76. The van der Waals surface area contributed by atoms with Crippen LogP contribution in [0.4, 0.5) is 0 Å². The van der Waals surface area contributed by atoms with Gasteiger partial charge in [-0.15, -0.1) is 0 Å². The molecule has 1 aliphatic heterocycles. The number of allylic oxidation sites excluding steroid dienone is 1. The van der Waals surface area contributed by atoms with Crippen molar-refractivity contribution in [3.8, 4) is 0 Å². The number of aliphatic hydroxyl groups is 5. The van der Waals surface area contributed by atoms with E-state index in [1.54, 1.807) is 6.08 Å². The fourth-order valence-corrected chi connectivity index (χ4v) is 7.02. The predicted molar refractivity (Wildman–Crippen MR) is 212 cm³/mol. The number of amides is 1. The van der Waals surface area contributed by atoms with Gasteiger partial charge >= 0.3 is 0 Å². The van der Waals surface area contributed by atoms with Crippen molar-refractivity contribution in [1.29, 1.82) is 0 Å². The van der Waals surface area contributed by atoms with Crippen LogP contribution in [0.25, 0.3) is 0 Å². The lowest BCUT2D eigenvalue weighted by atomic mass is 9.99. The summed E-state index contributed by atoms with van der Waals surface area (Å²) in [5, 5.41) is 53.5. The Bertz CT molecular complexity index is 827. The van der Waals surface area contributed by atoms with Gasteiger partial charge in [-0.3, -0.25) is 4.79 Å². The van der Waals surface area contributed by atoms with Crippen molar-refractivity contribution < 1.29 is 39.8 Å². The van der Waals surface area contributed by atoms with Crippen molar-refractivity contribution in [2.45, 2.75) is 243 Å². The van der Waals surface area contributed by atoms with Crippen LogP contribution in [0.3, 0.4) is 0 Å². The van der Waals surface area contributed by atoms with E-state index in [1.165, 1.54) is 141 Å². The van der Waals surface area contributed by atoms with Crippen LogP contribution in [0.5, 0.6) is 0 Å². The molecule has 0 aliphatic carbocycles. The summed E-state index contributed by atoms with van der Waals surface area (Å²) in [6, 6.07) is -0.794. The first-order chi connectivity index (χ1) is 25.3. The van der Waals surface area contributed by atoms with Crippen molar-refractivity contribution >= 4 is 5.91 Å². The Labute approximate surface area is 318 Å². The Hall–Kier alpha value is -1.07. The fraction of sp³-hybridized carbons (Fsp3) is 0.930. The van der Waals surface area contributed by atoms with Crippen LogP contribution in [0, 0.1) is 0 Å². The maximum Gasteiger partial charge on any atom is 0.220 e. The Kier molecular flexibility index (Phi) is 32.4. The summed E-state index contributed by atoms with van der Waals surface area (Å²) in [6.45, 7) is 3.62. The molecule has 9 heteroatoms. The smallest absolute Gasteiger partial charge is 0.220 e. The second kappa shape index (κ2) is 34.4. The molecule has 7 atom stereocenters. The summed E-state index contributed by atoms with van der Waals surface area (Å²) in [6.07, 6.45) is 32.0. The second-order valence-electron chi connectivity index (χ2n) is 15.5. The fourth-order valence-electron chi connectivity index (χ4n) is 7.02. The van der Waals surface area contributed by atoms with Crippen molar-refractivity contribution in [3.63, 3.8) is 0 Å². The molecule has 308 valence electrons. The quantitative estimate of drug-likeness (QED) is 0.0277. The molecule has 1 fully saturated rings. The zero-order valence-corrected chi connectivity index (χ0v) is 33.6. The molecule has 0 saturated carbocycles. The summed E-state index contributed by atoms with van der Waals surface area (Å²) < 4.78 is 11.1. The van der Waals surface area contributed by atoms with E-state index in [0.717, 1.165) is 38.5 Å². The van der Waals surface area contributed by atoms with Crippen LogP contribution in [0.2, 0.25) is 0 Å². The molecule has 52 heavy (non-hydrogen) atoms. The van der Waals surface area contributed by atoms with Crippen molar-refractivity contribution in [1.82, 2.24) is 5.32 Å². The summed E-state index contributed by atoms with van der Waals surface area (Å²) in [5.41, 5.74) is 0. The number of aliphatic hydroxyl groups excluding tert-OH is 5. The van der Waals surface area contributed by atoms with E-state index in [9.17, 15) is 30.3 Å². The lowest BCUT2D eigenvalue weighted by Gasteiger charge is -2.40. The minimum Gasteiger partial charge on any atom is -0.394 e. The van der Waals surface area contributed by atoms with Crippen LogP contribution < -0.4 is 5.32 Å². The molecule has 1 rings (SSSR count). The molecule has 9 nitrogen and oxygen atoms in total. The van der Waals surface area contributed by atoms with Gasteiger partial charge in [-0.25, -0.2) is 0 Å². The van der Waals surface area contributed by atoms with Crippen LogP contribution in [-0.2, 0) is 14.3 Å². The first kappa shape index (κ1) is 48.9. The number of ether oxygens (including phenoxy) is 2. The lowest BCUT2D eigenvalue weighted by molar-refractivity contribution is -0.302. The molecule has 1 saturated heterocycles. The van der Waals surface area contributed by atoms with E-state index >= 15 is 0 Å². The van der Waals surface area contributed by atoms with Gasteiger partial charge in [0, 0.05) is 6.42 Å². The van der Waals surface area contributed by atoms with Crippen molar-refractivity contribution in [3.05, 3.63) is 12.2 Å². The first-order valence-electron chi connectivity index (χ1n) is 21.9. The second-order valence-corrected chi connectivity index (χ2v) is 15.5. The zero-order valence-electron chi connectivity index (χ0n) is 33.6. The van der Waals surface area contributed by atoms with Crippen LogP contribution in [0.1, 0.15) is 200 Å². The van der Waals surface area contributed by atoms with E-state index in [-0.39, 0.29) is 12.5 Å². The molecule has 0 bridgehead atoms. The molecule has 6 N–H and O–H groups in total. The maximum absolute atomic E-state index is 12.8. The average Bonchev–Trinajstić information content (AvgIpc) is 3.14. The van der Waals surface area contributed by atoms with Gasteiger partial charge in [0.25, 0.3) is 0 Å². The topological polar surface area (TPSA) is 149 Å². The van der Waals surface area contributed by atoms with Gasteiger partial charge in [-0.05, 0) is 12.8 Å². The minimum atomic E-state index is -1.56. The molecular formula is C43H83NO8. The molecule has 0 aromatic rings. The van der Waals surface area contributed by atoms with Gasteiger partial charge in [0.15, 0.2) is 6.29 Å². The van der Waals surface area contributed by atoms with Gasteiger partial charge in [-0.1, -0.05) is 193 Å². The largest absolute Gasteiger partial charge is 0.394 e. The minimum absolute atomic E-state index is 0.183. The SMILES string of the molecule is CCCC/C=C/C(O)C(COC1OC(CO)C(O)C(O)C1O)NC(=O)CCCCCCCCCCCCCCCCCCCCCCCCCCC. The van der Waals surface area contributed by atoms with Gasteiger partial charge in [-0.2, -0.15) is 0 Å². The molecule has 1 amide bonds. The molecule has 1 heterocycles. The molecule has 0 radical (unpaired) electrons. The molecule has 1 aliphatic rings. The standard InChI is InChI=1S/C43H83NO8/c1-3-5-7-9-10-11-12-13-14-15-16-17-18-19-20-21-22-23-24-25-26-27-28-29-31-33-39(47)44-36(37(46)32-30-8-6-4-2)35-51-43-42(50)41(49)40(48)38(34-45)52-43/h30,32,36-38,40-43,45-46,48-50H,3-29,31,33-35H2,1-2H3,(H,44,47)/b32-30+. The van der Waals surface area contributed by atoms with E-state index < -0.39 is 49.5 Å². The average molecular weight is 742 g/mol. The van der Waals surface area contributed by atoms with Crippen LogP contribution in [0.15, 0.2) is 12.2 Å². The monoisotopic (exact) mass is 742 g/mol. The van der Waals surface area contributed by atoms with Gasteiger partial charge in [0.05, 0.1) is 25.4 Å². The molecule has 0 spiro atoms. The Morgan fingerprint density at radius 3 is 1.48 bits per heavy atom. The number of carbonyl (C=O) groups is 1. The summed E-state index contributed by atoms with van der Waals surface area (Å²) in [4.78, 5) is 12.8. The van der Waals surface area contributed by atoms with Gasteiger partial charge in [0.2, 0.25) is 5.91 Å². The first-order valence-corrected chi connectivity index (χ1v) is 21.9. The van der Waals surface area contributed by atoms with Gasteiger partial charge in [0.1, 0.15) is 24.4 Å².